The minimum atomic E-state index is -0.283. The Kier molecular flexibility index (Phi) is 5.15. The van der Waals surface area contributed by atoms with E-state index in [9.17, 15) is 9.18 Å². The molecule has 1 atom stereocenters. The first-order valence-electron chi connectivity index (χ1n) is 8.05. The van der Waals surface area contributed by atoms with E-state index in [2.05, 4.69) is 5.32 Å². The minimum absolute atomic E-state index is 0.103. The van der Waals surface area contributed by atoms with E-state index < -0.39 is 0 Å². The number of methoxy groups -OCH3 is 1. The van der Waals surface area contributed by atoms with Gasteiger partial charge in [-0.3, -0.25) is 0 Å². The molecule has 1 N–H and O–H groups in total. The molecule has 3 rings (SSSR count). The van der Waals surface area contributed by atoms with Gasteiger partial charge in [-0.15, -0.1) is 0 Å². The predicted molar refractivity (Wildman–Crippen MR) is 87.9 cm³/mol. The fourth-order valence-electron chi connectivity index (χ4n) is 2.98. The quantitative estimate of drug-likeness (QED) is 0.913. The van der Waals surface area contributed by atoms with E-state index in [-0.39, 0.29) is 17.9 Å². The summed E-state index contributed by atoms with van der Waals surface area (Å²) in [5.41, 5.74) is 0.800. The van der Waals surface area contributed by atoms with Gasteiger partial charge in [-0.25, -0.2) is 9.18 Å². The fraction of sp³-hybridized carbons (Fsp3) is 0.389. The molecule has 0 aliphatic carbocycles. The molecule has 2 amide bonds. The van der Waals surface area contributed by atoms with E-state index in [0.717, 1.165) is 24.9 Å². The topological polar surface area (TPSA) is 54.7 Å². The molecular formula is C18H21FN2O3. The summed E-state index contributed by atoms with van der Waals surface area (Å²) in [6.45, 7) is 1.62. The third kappa shape index (κ3) is 3.76. The van der Waals surface area contributed by atoms with Crippen molar-refractivity contribution in [3.05, 3.63) is 48.0 Å². The van der Waals surface area contributed by atoms with Gasteiger partial charge in [0, 0.05) is 19.2 Å². The molecule has 1 aromatic heterocycles. The van der Waals surface area contributed by atoms with Crippen molar-refractivity contribution < 1.29 is 18.3 Å². The first kappa shape index (κ1) is 16.5. The average molecular weight is 332 g/mol. The van der Waals surface area contributed by atoms with Crippen molar-refractivity contribution in [1.82, 2.24) is 10.2 Å². The van der Waals surface area contributed by atoms with Crippen molar-refractivity contribution in [2.75, 3.05) is 20.3 Å². The lowest BCUT2D eigenvalue weighted by Gasteiger charge is -2.24. The Bertz CT molecular complexity index is 684. The summed E-state index contributed by atoms with van der Waals surface area (Å²) in [4.78, 5) is 14.1. The van der Waals surface area contributed by atoms with E-state index in [0.29, 0.717) is 24.7 Å². The number of carbonyl (C=O) groups excluding carboxylic acids is 1. The number of likely N-dealkylation sites (tertiary alicyclic amines) is 1. The molecule has 1 aliphatic rings. The first-order valence-corrected chi connectivity index (χ1v) is 8.05. The number of urea groups is 1. The smallest absolute Gasteiger partial charge is 0.318 e. The molecule has 1 aliphatic heterocycles. The van der Waals surface area contributed by atoms with Crippen LogP contribution in [-0.2, 0) is 11.3 Å². The van der Waals surface area contributed by atoms with Gasteiger partial charge >= 0.3 is 6.03 Å². The van der Waals surface area contributed by atoms with Crippen molar-refractivity contribution >= 4 is 6.03 Å². The number of carbonyl (C=O) groups is 1. The van der Waals surface area contributed by atoms with Crippen molar-refractivity contribution in [3.63, 3.8) is 0 Å². The highest BCUT2D eigenvalue weighted by Gasteiger charge is 2.28. The zero-order valence-electron chi connectivity index (χ0n) is 13.6. The maximum atomic E-state index is 13.0. The van der Waals surface area contributed by atoms with Crippen LogP contribution in [0.15, 0.2) is 40.8 Å². The normalized spacial score (nSPS) is 17.2. The van der Waals surface area contributed by atoms with Gasteiger partial charge in [-0.2, -0.15) is 0 Å². The molecule has 6 heteroatoms. The molecular weight excluding hydrogens is 311 g/mol. The average Bonchev–Trinajstić information content (AvgIpc) is 3.23. The number of furan rings is 1. The fourth-order valence-corrected chi connectivity index (χ4v) is 2.98. The third-order valence-corrected chi connectivity index (χ3v) is 4.20. The number of nitrogens with zero attached hydrogens (tertiary/aromatic N) is 1. The summed E-state index contributed by atoms with van der Waals surface area (Å²) in [7, 11) is 1.65. The summed E-state index contributed by atoms with van der Waals surface area (Å²) in [6.07, 6.45) is 1.97. The maximum absolute atomic E-state index is 13.0. The molecule has 2 heterocycles. The molecule has 128 valence electrons. The largest absolute Gasteiger partial charge is 0.459 e. The molecule has 0 radical (unpaired) electrons. The van der Waals surface area contributed by atoms with Crippen LogP contribution in [0.3, 0.4) is 0 Å². The number of hydrogen-bond donors (Lipinski definition) is 1. The van der Waals surface area contributed by atoms with Gasteiger partial charge in [-0.1, -0.05) is 0 Å². The van der Waals surface area contributed by atoms with Gasteiger partial charge in [0.25, 0.3) is 0 Å². The highest BCUT2D eigenvalue weighted by Crippen LogP contribution is 2.22. The van der Waals surface area contributed by atoms with Crippen LogP contribution in [0.1, 0.15) is 18.6 Å². The lowest BCUT2D eigenvalue weighted by Crippen LogP contribution is -2.44. The van der Waals surface area contributed by atoms with E-state index in [1.165, 1.54) is 12.1 Å². The number of halogens is 1. The highest BCUT2D eigenvalue weighted by molar-refractivity contribution is 5.74. The Morgan fingerprint density at radius 3 is 2.88 bits per heavy atom. The number of nitrogens with one attached hydrogen (secondary N) is 1. The van der Waals surface area contributed by atoms with E-state index in [1.54, 1.807) is 19.2 Å². The summed E-state index contributed by atoms with van der Waals surface area (Å²) >= 11 is 0. The molecule has 0 bridgehead atoms. The van der Waals surface area contributed by atoms with Crippen LogP contribution in [0, 0.1) is 5.82 Å². The van der Waals surface area contributed by atoms with Crippen molar-refractivity contribution in [3.8, 4) is 11.3 Å². The SMILES string of the molecule is COCC1CCCN1C(=O)NCc1ccc(-c2ccc(F)cc2)o1. The third-order valence-electron chi connectivity index (χ3n) is 4.20. The Balaban J connectivity index is 1.57. The number of rotatable bonds is 5. The van der Waals surface area contributed by atoms with Crippen molar-refractivity contribution in [1.29, 1.82) is 0 Å². The molecule has 1 aromatic carbocycles. The molecule has 1 saturated heterocycles. The number of amides is 2. The molecule has 0 saturated carbocycles. The first-order chi connectivity index (χ1) is 11.7. The monoisotopic (exact) mass is 332 g/mol. The van der Waals surface area contributed by atoms with E-state index >= 15 is 0 Å². The highest BCUT2D eigenvalue weighted by atomic mass is 19.1. The Labute approximate surface area is 140 Å². The van der Waals surface area contributed by atoms with E-state index in [4.69, 9.17) is 9.15 Å². The Hall–Kier alpha value is -2.34. The van der Waals surface area contributed by atoms with Crippen LogP contribution in [0.4, 0.5) is 9.18 Å². The maximum Gasteiger partial charge on any atom is 0.318 e. The van der Waals surface area contributed by atoms with Gasteiger partial charge in [0.1, 0.15) is 17.3 Å². The standard InChI is InChI=1S/C18H21FN2O3/c1-23-12-15-3-2-10-21(15)18(22)20-11-16-8-9-17(24-16)13-4-6-14(19)7-5-13/h4-9,15H,2-3,10-12H2,1H3,(H,20,22). The van der Waals surface area contributed by atoms with Gasteiger partial charge < -0.3 is 19.4 Å². The second-order valence-corrected chi connectivity index (χ2v) is 5.88. The Morgan fingerprint density at radius 1 is 1.33 bits per heavy atom. The summed E-state index contributed by atoms with van der Waals surface area (Å²) < 4.78 is 23.8. The summed E-state index contributed by atoms with van der Waals surface area (Å²) in [6, 6.07) is 9.78. The van der Waals surface area contributed by atoms with Crippen LogP contribution in [0.25, 0.3) is 11.3 Å². The van der Waals surface area contributed by atoms with Crippen LogP contribution in [0.5, 0.6) is 0 Å². The number of ether oxygens (including phenoxy) is 1. The van der Waals surface area contributed by atoms with Crippen LogP contribution < -0.4 is 5.32 Å². The molecule has 5 nitrogen and oxygen atoms in total. The molecule has 1 fully saturated rings. The lowest BCUT2D eigenvalue weighted by molar-refractivity contribution is 0.123. The predicted octanol–water partition coefficient (Wildman–Crippen LogP) is 3.41. The minimum Gasteiger partial charge on any atom is -0.459 e. The zero-order valence-corrected chi connectivity index (χ0v) is 13.6. The summed E-state index contributed by atoms with van der Waals surface area (Å²) in [5.74, 6) is 1.02. The second-order valence-electron chi connectivity index (χ2n) is 5.88. The molecule has 1 unspecified atom stereocenters. The molecule has 2 aromatic rings. The van der Waals surface area contributed by atoms with Crippen molar-refractivity contribution in [2.45, 2.75) is 25.4 Å². The molecule has 0 spiro atoms. The van der Waals surface area contributed by atoms with Gasteiger partial charge in [-0.05, 0) is 49.2 Å². The zero-order chi connectivity index (χ0) is 16.9. The lowest BCUT2D eigenvalue weighted by atomic mass is 10.2. The van der Waals surface area contributed by atoms with E-state index in [1.807, 2.05) is 17.0 Å². The van der Waals surface area contributed by atoms with Crippen molar-refractivity contribution in [2.24, 2.45) is 0 Å². The number of benzene rings is 1. The van der Waals surface area contributed by atoms with Crippen LogP contribution in [0.2, 0.25) is 0 Å². The van der Waals surface area contributed by atoms with Gasteiger partial charge in [0.05, 0.1) is 19.2 Å². The van der Waals surface area contributed by atoms with Gasteiger partial charge in [0.2, 0.25) is 0 Å². The van der Waals surface area contributed by atoms with Gasteiger partial charge in [0.15, 0.2) is 0 Å². The molecule has 24 heavy (non-hydrogen) atoms. The number of hydrogen-bond acceptors (Lipinski definition) is 3. The van der Waals surface area contributed by atoms with Crippen LogP contribution in [-0.4, -0.2) is 37.2 Å². The van der Waals surface area contributed by atoms with Crippen LogP contribution >= 0.6 is 0 Å². The summed E-state index contributed by atoms with van der Waals surface area (Å²) in [5, 5.41) is 2.88. The Morgan fingerprint density at radius 2 is 2.12 bits per heavy atom. The second kappa shape index (κ2) is 7.49.